The lowest BCUT2D eigenvalue weighted by molar-refractivity contribution is -0.140. The summed E-state index contributed by atoms with van der Waals surface area (Å²) in [6, 6.07) is 17.2. The van der Waals surface area contributed by atoms with E-state index in [1.165, 1.54) is 23.4 Å². The summed E-state index contributed by atoms with van der Waals surface area (Å²) in [5, 5.41) is 9.14. The highest BCUT2D eigenvalue weighted by Crippen LogP contribution is 2.52. The second-order valence-corrected chi connectivity index (χ2v) is 8.28. The lowest BCUT2D eigenvalue weighted by atomic mass is 9.96. The molecule has 2 atom stereocenters. The highest BCUT2D eigenvalue weighted by molar-refractivity contribution is 6.12. The Hall–Kier alpha value is -3.61. The monoisotopic (exact) mass is 431 g/mol. The van der Waals surface area contributed by atoms with Crippen molar-refractivity contribution in [2.45, 2.75) is 38.1 Å². The molecule has 2 unspecified atom stereocenters. The molecule has 0 bridgehead atoms. The lowest BCUT2D eigenvalue weighted by Crippen LogP contribution is -2.35. The first-order chi connectivity index (χ1) is 15.6. The molecule has 1 N–H and O–H groups in total. The number of benzene rings is 2. The van der Waals surface area contributed by atoms with Crippen molar-refractivity contribution in [1.29, 1.82) is 0 Å². The molecule has 0 aromatic heterocycles. The van der Waals surface area contributed by atoms with Crippen LogP contribution in [0.3, 0.4) is 0 Å². The fraction of sp³-hybridized carbons (Fsp3) is 0.320. The van der Waals surface area contributed by atoms with E-state index in [0.717, 1.165) is 23.3 Å². The van der Waals surface area contributed by atoms with Crippen LogP contribution in [-0.4, -0.2) is 47.0 Å². The SMILES string of the molecule is CCN=C1O/C(=C/c2ccc3c(c2)C2CCCC2N3c2ccccc2)C(=O)N1CC(=O)O. The molecule has 32 heavy (non-hydrogen) atoms. The standard InChI is InChI=1S/C25H25N3O4/c1-2-26-25-27(15-23(29)30)24(31)22(32-25)14-16-11-12-21-19(13-16)18-9-6-10-20(18)28(21)17-7-4-3-5-8-17/h3-5,7-8,11-14,18,20H,2,6,9-10,15H2,1H3,(H,29,30)/b22-14+,26-25?. The van der Waals surface area contributed by atoms with E-state index in [-0.39, 0.29) is 11.8 Å². The molecule has 1 saturated carbocycles. The Bertz CT molecular complexity index is 1130. The summed E-state index contributed by atoms with van der Waals surface area (Å²) in [6.07, 6.45) is 5.19. The summed E-state index contributed by atoms with van der Waals surface area (Å²) in [5.41, 5.74) is 4.57. The molecular weight excluding hydrogens is 406 g/mol. The van der Waals surface area contributed by atoms with Gasteiger partial charge in [0, 0.05) is 29.9 Å². The first-order valence-corrected chi connectivity index (χ1v) is 11.0. The van der Waals surface area contributed by atoms with E-state index >= 15 is 0 Å². The van der Waals surface area contributed by atoms with E-state index in [1.807, 2.05) is 12.1 Å². The fourth-order valence-corrected chi connectivity index (χ4v) is 5.08. The highest BCUT2D eigenvalue weighted by Gasteiger charge is 2.42. The number of anilines is 2. The van der Waals surface area contributed by atoms with Gasteiger partial charge < -0.3 is 14.7 Å². The van der Waals surface area contributed by atoms with Crippen molar-refractivity contribution in [2.24, 2.45) is 4.99 Å². The van der Waals surface area contributed by atoms with E-state index in [2.05, 4.69) is 46.3 Å². The van der Waals surface area contributed by atoms with E-state index in [9.17, 15) is 9.59 Å². The van der Waals surface area contributed by atoms with Crippen LogP contribution in [0.15, 0.2) is 59.3 Å². The molecule has 5 rings (SSSR count). The minimum absolute atomic E-state index is 0.0402. The minimum Gasteiger partial charge on any atom is -0.480 e. The van der Waals surface area contributed by atoms with Crippen molar-refractivity contribution in [3.8, 4) is 0 Å². The molecule has 0 radical (unpaired) electrons. The normalized spacial score (nSPS) is 24.2. The lowest BCUT2D eigenvalue weighted by Gasteiger charge is -2.27. The molecular formula is C25H25N3O4. The number of carboxylic acids is 1. The van der Waals surface area contributed by atoms with Crippen molar-refractivity contribution in [3.05, 3.63) is 65.4 Å². The Morgan fingerprint density at radius 2 is 2.03 bits per heavy atom. The van der Waals surface area contributed by atoms with Crippen LogP contribution < -0.4 is 4.90 Å². The Morgan fingerprint density at radius 3 is 2.78 bits per heavy atom. The predicted molar refractivity (Wildman–Crippen MR) is 122 cm³/mol. The van der Waals surface area contributed by atoms with Crippen molar-refractivity contribution < 1.29 is 19.4 Å². The summed E-state index contributed by atoms with van der Waals surface area (Å²) in [4.78, 5) is 31.6. The molecule has 164 valence electrons. The number of fused-ring (bicyclic) bond motifs is 3. The third kappa shape index (κ3) is 3.43. The number of para-hydroxylation sites is 1. The first kappa shape index (κ1) is 20.3. The molecule has 2 aromatic carbocycles. The largest absolute Gasteiger partial charge is 0.480 e. The molecule has 2 aromatic rings. The highest BCUT2D eigenvalue weighted by atomic mass is 16.5. The zero-order valence-corrected chi connectivity index (χ0v) is 17.9. The summed E-state index contributed by atoms with van der Waals surface area (Å²) in [7, 11) is 0. The topological polar surface area (TPSA) is 82.4 Å². The van der Waals surface area contributed by atoms with Crippen LogP contribution >= 0.6 is 0 Å². The summed E-state index contributed by atoms with van der Waals surface area (Å²) < 4.78 is 5.64. The molecule has 3 aliphatic rings. The average molecular weight is 431 g/mol. The third-order valence-corrected chi connectivity index (χ3v) is 6.33. The van der Waals surface area contributed by atoms with Gasteiger partial charge in [0.2, 0.25) is 0 Å². The van der Waals surface area contributed by atoms with Crippen LogP contribution in [0.5, 0.6) is 0 Å². The fourth-order valence-electron chi connectivity index (χ4n) is 5.08. The van der Waals surface area contributed by atoms with Crippen LogP contribution in [0, 0.1) is 0 Å². The molecule has 0 spiro atoms. The van der Waals surface area contributed by atoms with E-state index < -0.39 is 18.4 Å². The summed E-state index contributed by atoms with van der Waals surface area (Å²) in [5.74, 6) is -1.04. The number of carbonyl (C=O) groups excluding carboxylic acids is 1. The van der Waals surface area contributed by atoms with Gasteiger partial charge in [-0.3, -0.25) is 9.59 Å². The minimum atomic E-state index is -1.11. The van der Waals surface area contributed by atoms with Gasteiger partial charge in [0.25, 0.3) is 5.91 Å². The maximum absolute atomic E-state index is 12.8. The number of carboxylic acid groups (broad SMARTS) is 1. The number of nitrogens with zero attached hydrogens (tertiary/aromatic N) is 3. The number of ether oxygens (including phenoxy) is 1. The van der Waals surface area contributed by atoms with Gasteiger partial charge >= 0.3 is 12.0 Å². The zero-order valence-electron chi connectivity index (χ0n) is 17.9. The van der Waals surface area contributed by atoms with E-state index in [0.29, 0.717) is 18.5 Å². The smallest absolute Gasteiger partial charge is 0.323 e. The molecule has 2 heterocycles. The molecule has 2 aliphatic heterocycles. The Kier molecular flexibility index (Phi) is 5.17. The Morgan fingerprint density at radius 1 is 1.22 bits per heavy atom. The number of hydrogen-bond acceptors (Lipinski definition) is 5. The van der Waals surface area contributed by atoms with E-state index in [1.54, 1.807) is 13.0 Å². The van der Waals surface area contributed by atoms with E-state index in [4.69, 9.17) is 9.84 Å². The van der Waals surface area contributed by atoms with Crippen LogP contribution in [0.2, 0.25) is 0 Å². The zero-order chi connectivity index (χ0) is 22.2. The number of amidine groups is 1. The Labute approximate surface area is 186 Å². The second kappa shape index (κ2) is 8.15. The number of rotatable bonds is 5. The number of aliphatic imine (C=N–C) groups is 1. The molecule has 7 nitrogen and oxygen atoms in total. The van der Waals surface area contributed by atoms with Gasteiger partial charge in [-0.1, -0.05) is 30.7 Å². The van der Waals surface area contributed by atoms with Crippen LogP contribution in [0.4, 0.5) is 11.4 Å². The Balaban J connectivity index is 1.49. The number of amides is 1. The summed E-state index contributed by atoms with van der Waals surface area (Å²) >= 11 is 0. The van der Waals surface area contributed by atoms with Crippen LogP contribution in [-0.2, 0) is 14.3 Å². The molecule has 7 heteroatoms. The van der Waals surface area contributed by atoms with Gasteiger partial charge in [-0.05, 0) is 61.2 Å². The van der Waals surface area contributed by atoms with Crippen molar-refractivity contribution >= 4 is 35.3 Å². The summed E-state index contributed by atoms with van der Waals surface area (Å²) in [6.45, 7) is 1.72. The predicted octanol–water partition coefficient (Wildman–Crippen LogP) is 4.13. The third-order valence-electron chi connectivity index (χ3n) is 6.33. The van der Waals surface area contributed by atoms with Crippen LogP contribution in [0.1, 0.15) is 43.2 Å². The molecule has 2 fully saturated rings. The van der Waals surface area contributed by atoms with Crippen molar-refractivity contribution in [1.82, 2.24) is 4.90 Å². The van der Waals surface area contributed by atoms with Crippen molar-refractivity contribution in [3.63, 3.8) is 0 Å². The van der Waals surface area contributed by atoms with Gasteiger partial charge in [-0.15, -0.1) is 0 Å². The second-order valence-electron chi connectivity index (χ2n) is 8.28. The van der Waals surface area contributed by atoms with Gasteiger partial charge in [0.1, 0.15) is 6.54 Å². The number of aliphatic carboxylic acids is 1. The molecule has 1 aliphatic carbocycles. The maximum Gasteiger partial charge on any atom is 0.323 e. The number of hydrogen-bond donors (Lipinski definition) is 1. The maximum atomic E-state index is 12.8. The first-order valence-electron chi connectivity index (χ1n) is 11.0. The van der Waals surface area contributed by atoms with Gasteiger partial charge in [-0.2, -0.15) is 0 Å². The number of carbonyl (C=O) groups is 2. The van der Waals surface area contributed by atoms with Crippen LogP contribution in [0.25, 0.3) is 6.08 Å². The molecule has 1 saturated heterocycles. The quantitative estimate of drug-likeness (QED) is 0.720. The van der Waals surface area contributed by atoms with Crippen molar-refractivity contribution in [2.75, 3.05) is 18.0 Å². The average Bonchev–Trinajstić information content (AvgIpc) is 3.44. The van der Waals surface area contributed by atoms with Gasteiger partial charge in [0.05, 0.1) is 0 Å². The van der Waals surface area contributed by atoms with Gasteiger partial charge in [-0.25, -0.2) is 9.89 Å². The molecule has 1 amide bonds. The van der Waals surface area contributed by atoms with Gasteiger partial charge in [0.15, 0.2) is 5.76 Å².